The lowest BCUT2D eigenvalue weighted by Crippen LogP contribution is -2.31. The van der Waals surface area contributed by atoms with Crippen molar-refractivity contribution < 1.29 is 4.74 Å². The summed E-state index contributed by atoms with van der Waals surface area (Å²) in [5.74, 6) is 0.693. The summed E-state index contributed by atoms with van der Waals surface area (Å²) >= 11 is 0. The fraction of sp³-hybridized carbons (Fsp3) is 0.643. The van der Waals surface area contributed by atoms with E-state index in [0.29, 0.717) is 24.6 Å². The highest BCUT2D eigenvalue weighted by Gasteiger charge is 2.23. The number of anilines is 1. The number of aromatic nitrogens is 1. The maximum absolute atomic E-state index is 5.33. The topological polar surface area (TPSA) is 37.4 Å². The smallest absolute Gasteiger partial charge is 0.213 e. The van der Waals surface area contributed by atoms with Gasteiger partial charge in [-0.25, -0.2) is 4.98 Å². The molecule has 0 aromatic carbocycles. The van der Waals surface area contributed by atoms with Crippen molar-refractivity contribution in [2.75, 3.05) is 25.0 Å². The Kier molecular flexibility index (Phi) is 4.42. The molecule has 1 aliphatic heterocycles. The predicted molar refractivity (Wildman–Crippen MR) is 74.1 cm³/mol. The van der Waals surface area contributed by atoms with Crippen LogP contribution in [0.15, 0.2) is 18.3 Å². The van der Waals surface area contributed by atoms with Crippen LogP contribution in [0.3, 0.4) is 0 Å². The van der Waals surface area contributed by atoms with Crippen LogP contribution in [0, 0.1) is 0 Å². The molecule has 1 atom stereocenters. The van der Waals surface area contributed by atoms with Crippen molar-refractivity contribution in [2.45, 2.75) is 39.3 Å². The third-order valence-corrected chi connectivity index (χ3v) is 3.35. The molecule has 1 aromatic heterocycles. The average Bonchev–Trinajstić information content (AvgIpc) is 2.81. The van der Waals surface area contributed by atoms with Gasteiger partial charge in [0.05, 0.1) is 18.5 Å². The first kappa shape index (κ1) is 13.1. The number of nitrogens with zero attached hydrogens (tertiary/aromatic N) is 2. The Hall–Kier alpha value is -1.29. The summed E-state index contributed by atoms with van der Waals surface area (Å²) in [6.07, 6.45) is 3.05. The van der Waals surface area contributed by atoms with E-state index in [4.69, 9.17) is 4.74 Å². The lowest BCUT2D eigenvalue weighted by atomic mass is 10.2. The third kappa shape index (κ3) is 3.35. The van der Waals surface area contributed by atoms with Crippen LogP contribution < -0.4 is 10.1 Å². The Labute approximate surface area is 109 Å². The standard InChI is InChI=1S/C14H23N3O/c1-4-18-14-6-5-12(9-15-14)16-13-7-8-17(10-13)11(2)3/h5-6,9,11,13,16H,4,7-8,10H2,1-3H3. The first-order valence-electron chi connectivity index (χ1n) is 6.78. The van der Waals surface area contributed by atoms with E-state index in [-0.39, 0.29) is 0 Å². The van der Waals surface area contributed by atoms with Crippen LogP contribution in [0.1, 0.15) is 27.2 Å². The Bertz CT molecular complexity index is 364. The van der Waals surface area contributed by atoms with E-state index in [1.807, 2.05) is 25.3 Å². The fourth-order valence-corrected chi connectivity index (χ4v) is 2.31. The van der Waals surface area contributed by atoms with Crippen LogP contribution in [0.4, 0.5) is 5.69 Å². The van der Waals surface area contributed by atoms with Gasteiger partial charge in [-0.3, -0.25) is 4.90 Å². The molecule has 1 aromatic rings. The van der Waals surface area contributed by atoms with E-state index in [9.17, 15) is 0 Å². The molecule has 0 amide bonds. The van der Waals surface area contributed by atoms with E-state index >= 15 is 0 Å². The van der Waals surface area contributed by atoms with Gasteiger partial charge in [-0.05, 0) is 33.3 Å². The molecular formula is C14H23N3O. The van der Waals surface area contributed by atoms with Gasteiger partial charge in [0.1, 0.15) is 0 Å². The van der Waals surface area contributed by atoms with E-state index in [2.05, 4.69) is 29.0 Å². The Morgan fingerprint density at radius 3 is 2.89 bits per heavy atom. The Morgan fingerprint density at radius 1 is 1.50 bits per heavy atom. The van der Waals surface area contributed by atoms with Crippen LogP contribution in [0.2, 0.25) is 0 Å². The molecule has 1 saturated heterocycles. The quantitative estimate of drug-likeness (QED) is 0.869. The van der Waals surface area contributed by atoms with Crippen LogP contribution >= 0.6 is 0 Å². The minimum atomic E-state index is 0.534. The summed E-state index contributed by atoms with van der Waals surface area (Å²) in [7, 11) is 0. The Balaban J connectivity index is 1.86. The van der Waals surface area contributed by atoms with Crippen molar-refractivity contribution in [1.29, 1.82) is 0 Å². The summed E-state index contributed by atoms with van der Waals surface area (Å²) in [5.41, 5.74) is 1.08. The number of ether oxygens (including phenoxy) is 1. The largest absolute Gasteiger partial charge is 0.478 e. The normalized spacial score (nSPS) is 20.3. The van der Waals surface area contributed by atoms with Gasteiger partial charge in [0.2, 0.25) is 5.88 Å². The molecule has 0 bridgehead atoms. The molecule has 2 rings (SSSR count). The zero-order valence-electron chi connectivity index (χ0n) is 11.5. The molecular weight excluding hydrogens is 226 g/mol. The van der Waals surface area contributed by atoms with E-state index < -0.39 is 0 Å². The molecule has 18 heavy (non-hydrogen) atoms. The Morgan fingerprint density at radius 2 is 2.33 bits per heavy atom. The molecule has 1 fully saturated rings. The summed E-state index contributed by atoms with van der Waals surface area (Å²) in [6.45, 7) is 9.42. The zero-order valence-corrected chi connectivity index (χ0v) is 11.5. The van der Waals surface area contributed by atoms with Crippen LogP contribution in [0.25, 0.3) is 0 Å². The molecule has 4 nitrogen and oxygen atoms in total. The van der Waals surface area contributed by atoms with Crippen molar-refractivity contribution >= 4 is 5.69 Å². The second-order valence-electron chi connectivity index (χ2n) is 5.04. The van der Waals surface area contributed by atoms with Gasteiger partial charge in [0.25, 0.3) is 0 Å². The average molecular weight is 249 g/mol. The molecule has 4 heteroatoms. The highest BCUT2D eigenvalue weighted by Crippen LogP contribution is 2.18. The minimum absolute atomic E-state index is 0.534. The predicted octanol–water partition coefficient (Wildman–Crippen LogP) is 2.37. The fourth-order valence-electron chi connectivity index (χ4n) is 2.31. The van der Waals surface area contributed by atoms with E-state index in [0.717, 1.165) is 12.2 Å². The molecule has 1 aliphatic rings. The van der Waals surface area contributed by atoms with Crippen molar-refractivity contribution in [1.82, 2.24) is 9.88 Å². The molecule has 1 N–H and O–H groups in total. The number of pyridine rings is 1. The number of likely N-dealkylation sites (tertiary alicyclic amines) is 1. The number of hydrogen-bond donors (Lipinski definition) is 1. The van der Waals surface area contributed by atoms with Crippen molar-refractivity contribution in [3.05, 3.63) is 18.3 Å². The van der Waals surface area contributed by atoms with Crippen molar-refractivity contribution in [2.24, 2.45) is 0 Å². The third-order valence-electron chi connectivity index (χ3n) is 3.35. The lowest BCUT2D eigenvalue weighted by Gasteiger charge is -2.20. The number of rotatable bonds is 5. The monoisotopic (exact) mass is 249 g/mol. The SMILES string of the molecule is CCOc1ccc(NC2CCN(C(C)C)C2)cn1. The van der Waals surface area contributed by atoms with Gasteiger partial charge < -0.3 is 10.1 Å². The molecule has 2 heterocycles. The van der Waals surface area contributed by atoms with Crippen molar-refractivity contribution in [3.8, 4) is 5.88 Å². The van der Waals surface area contributed by atoms with Gasteiger partial charge in [-0.15, -0.1) is 0 Å². The van der Waals surface area contributed by atoms with Crippen LogP contribution in [-0.4, -0.2) is 41.7 Å². The second kappa shape index (κ2) is 6.05. The summed E-state index contributed by atoms with van der Waals surface area (Å²) < 4.78 is 5.33. The van der Waals surface area contributed by atoms with Gasteiger partial charge in [0.15, 0.2) is 0 Å². The number of hydrogen-bond acceptors (Lipinski definition) is 4. The van der Waals surface area contributed by atoms with Gasteiger partial charge in [0, 0.05) is 31.2 Å². The summed E-state index contributed by atoms with van der Waals surface area (Å²) in [6, 6.07) is 5.12. The lowest BCUT2D eigenvalue weighted by molar-refractivity contribution is 0.274. The zero-order chi connectivity index (χ0) is 13.0. The maximum Gasteiger partial charge on any atom is 0.213 e. The van der Waals surface area contributed by atoms with Crippen LogP contribution in [0.5, 0.6) is 5.88 Å². The summed E-state index contributed by atoms with van der Waals surface area (Å²) in [4.78, 5) is 6.77. The van der Waals surface area contributed by atoms with Gasteiger partial charge >= 0.3 is 0 Å². The minimum Gasteiger partial charge on any atom is -0.478 e. The molecule has 0 spiro atoms. The first-order chi connectivity index (χ1) is 8.69. The molecule has 100 valence electrons. The maximum atomic E-state index is 5.33. The van der Waals surface area contributed by atoms with Crippen molar-refractivity contribution in [3.63, 3.8) is 0 Å². The molecule has 0 radical (unpaired) electrons. The highest BCUT2D eigenvalue weighted by molar-refractivity contribution is 5.43. The summed E-state index contributed by atoms with van der Waals surface area (Å²) in [5, 5.41) is 3.54. The van der Waals surface area contributed by atoms with E-state index in [1.165, 1.54) is 13.0 Å². The van der Waals surface area contributed by atoms with Crippen LogP contribution in [-0.2, 0) is 0 Å². The molecule has 0 saturated carbocycles. The second-order valence-corrected chi connectivity index (χ2v) is 5.04. The van der Waals surface area contributed by atoms with Gasteiger partial charge in [-0.2, -0.15) is 0 Å². The molecule has 1 unspecified atom stereocenters. The molecule has 0 aliphatic carbocycles. The highest BCUT2D eigenvalue weighted by atomic mass is 16.5. The van der Waals surface area contributed by atoms with Gasteiger partial charge in [-0.1, -0.05) is 0 Å². The first-order valence-corrected chi connectivity index (χ1v) is 6.78. The van der Waals surface area contributed by atoms with E-state index in [1.54, 1.807) is 0 Å². The number of nitrogens with one attached hydrogen (secondary N) is 1.